The van der Waals surface area contributed by atoms with Crippen LogP contribution in [0, 0.1) is 5.82 Å². The summed E-state index contributed by atoms with van der Waals surface area (Å²) in [6.07, 6.45) is -0.449. The average molecular weight is 263 g/mol. The Hall–Kier alpha value is -0.450. The SMILES string of the molecule is CCOC(OC)c1ccc(F)cc1Br. The van der Waals surface area contributed by atoms with Crippen LogP contribution in [0.5, 0.6) is 0 Å². The van der Waals surface area contributed by atoms with Crippen LogP contribution in [-0.2, 0) is 9.47 Å². The van der Waals surface area contributed by atoms with Crippen molar-refractivity contribution in [3.05, 3.63) is 34.1 Å². The lowest BCUT2D eigenvalue weighted by molar-refractivity contribution is -0.124. The summed E-state index contributed by atoms with van der Waals surface area (Å²) in [6, 6.07) is 4.41. The number of hydrogen-bond donors (Lipinski definition) is 0. The molecule has 0 spiro atoms. The number of hydrogen-bond acceptors (Lipinski definition) is 2. The van der Waals surface area contributed by atoms with Crippen molar-refractivity contribution in [1.82, 2.24) is 0 Å². The number of benzene rings is 1. The Bertz CT molecular complexity index is 304. The van der Waals surface area contributed by atoms with Crippen LogP contribution in [0.1, 0.15) is 18.8 Å². The summed E-state index contributed by atoms with van der Waals surface area (Å²) in [5, 5.41) is 0. The Morgan fingerprint density at radius 3 is 2.71 bits per heavy atom. The number of halogens is 2. The molecule has 1 atom stereocenters. The summed E-state index contributed by atoms with van der Waals surface area (Å²) >= 11 is 3.26. The van der Waals surface area contributed by atoms with Crippen molar-refractivity contribution in [2.75, 3.05) is 13.7 Å². The van der Waals surface area contributed by atoms with Gasteiger partial charge in [-0.3, -0.25) is 0 Å². The van der Waals surface area contributed by atoms with Gasteiger partial charge in [-0.2, -0.15) is 0 Å². The molecule has 4 heteroatoms. The van der Waals surface area contributed by atoms with Crippen LogP contribution >= 0.6 is 15.9 Å². The first kappa shape index (κ1) is 11.6. The van der Waals surface area contributed by atoms with Crippen molar-refractivity contribution in [3.63, 3.8) is 0 Å². The predicted octanol–water partition coefficient (Wildman–Crippen LogP) is 3.27. The van der Waals surface area contributed by atoms with Crippen LogP contribution in [0.25, 0.3) is 0 Å². The first-order chi connectivity index (χ1) is 6.69. The Balaban J connectivity index is 2.92. The normalized spacial score (nSPS) is 12.9. The summed E-state index contributed by atoms with van der Waals surface area (Å²) in [5.41, 5.74) is 0.788. The molecule has 1 unspecified atom stereocenters. The van der Waals surface area contributed by atoms with Crippen LogP contribution in [0.2, 0.25) is 0 Å². The third-order valence-corrected chi connectivity index (χ3v) is 2.44. The summed E-state index contributed by atoms with van der Waals surface area (Å²) in [7, 11) is 1.55. The summed E-state index contributed by atoms with van der Waals surface area (Å²) in [4.78, 5) is 0. The van der Waals surface area contributed by atoms with Gasteiger partial charge in [0.2, 0.25) is 0 Å². The molecule has 1 aromatic carbocycles. The molecule has 0 aliphatic rings. The Morgan fingerprint density at radius 1 is 1.50 bits per heavy atom. The van der Waals surface area contributed by atoms with Gasteiger partial charge in [-0.1, -0.05) is 15.9 Å². The zero-order chi connectivity index (χ0) is 10.6. The quantitative estimate of drug-likeness (QED) is 0.776. The molecule has 0 aromatic heterocycles. The van der Waals surface area contributed by atoms with Crippen LogP contribution in [0.15, 0.2) is 22.7 Å². The molecule has 0 heterocycles. The molecule has 0 N–H and O–H groups in total. The van der Waals surface area contributed by atoms with Gasteiger partial charge < -0.3 is 9.47 Å². The Kier molecular flexibility index (Phi) is 4.51. The van der Waals surface area contributed by atoms with E-state index in [1.807, 2.05) is 6.92 Å². The molecular weight excluding hydrogens is 251 g/mol. The fraction of sp³-hybridized carbons (Fsp3) is 0.400. The van der Waals surface area contributed by atoms with Gasteiger partial charge >= 0.3 is 0 Å². The van der Waals surface area contributed by atoms with Gasteiger partial charge in [-0.15, -0.1) is 0 Å². The van der Waals surface area contributed by atoms with E-state index in [9.17, 15) is 4.39 Å². The summed E-state index contributed by atoms with van der Waals surface area (Å²) in [6.45, 7) is 2.42. The molecule has 1 rings (SSSR count). The Morgan fingerprint density at radius 2 is 2.21 bits per heavy atom. The van der Waals surface area contributed by atoms with Crippen LogP contribution in [0.4, 0.5) is 4.39 Å². The van der Waals surface area contributed by atoms with Gasteiger partial charge in [-0.05, 0) is 25.1 Å². The lowest BCUT2D eigenvalue weighted by Crippen LogP contribution is -2.07. The second-order valence-corrected chi connectivity index (χ2v) is 3.54. The first-order valence-corrected chi connectivity index (χ1v) is 5.07. The van der Waals surface area contributed by atoms with Crippen LogP contribution in [0.3, 0.4) is 0 Å². The van der Waals surface area contributed by atoms with Gasteiger partial charge in [-0.25, -0.2) is 4.39 Å². The van der Waals surface area contributed by atoms with Crippen molar-refractivity contribution >= 4 is 15.9 Å². The minimum Gasteiger partial charge on any atom is -0.352 e. The standard InChI is InChI=1S/C10H12BrFO2/c1-3-14-10(13-2)8-5-4-7(12)6-9(8)11/h4-6,10H,3H2,1-2H3. The van der Waals surface area contributed by atoms with Crippen molar-refractivity contribution in [2.24, 2.45) is 0 Å². The average Bonchev–Trinajstić information content (AvgIpc) is 2.15. The molecule has 2 nitrogen and oxygen atoms in total. The molecule has 0 saturated carbocycles. The Labute approximate surface area is 91.2 Å². The summed E-state index contributed by atoms with van der Waals surface area (Å²) < 4.78 is 23.9. The third kappa shape index (κ3) is 2.77. The lowest BCUT2D eigenvalue weighted by Gasteiger charge is -2.16. The zero-order valence-corrected chi connectivity index (χ0v) is 9.67. The molecule has 0 fully saturated rings. The van der Waals surface area contributed by atoms with Crippen molar-refractivity contribution in [3.8, 4) is 0 Å². The minimum absolute atomic E-state index is 0.285. The van der Waals surface area contributed by atoms with E-state index in [1.54, 1.807) is 13.2 Å². The van der Waals surface area contributed by atoms with E-state index in [2.05, 4.69) is 15.9 Å². The van der Waals surface area contributed by atoms with E-state index >= 15 is 0 Å². The first-order valence-electron chi connectivity index (χ1n) is 4.28. The van der Waals surface area contributed by atoms with Gasteiger partial charge in [0.05, 0.1) is 0 Å². The second-order valence-electron chi connectivity index (χ2n) is 2.69. The predicted molar refractivity (Wildman–Crippen MR) is 55.5 cm³/mol. The van der Waals surface area contributed by atoms with Gasteiger partial charge in [0, 0.05) is 23.8 Å². The van der Waals surface area contributed by atoms with Crippen molar-refractivity contribution in [1.29, 1.82) is 0 Å². The second kappa shape index (κ2) is 5.44. The van der Waals surface area contributed by atoms with E-state index in [-0.39, 0.29) is 5.82 Å². The highest BCUT2D eigenvalue weighted by molar-refractivity contribution is 9.10. The topological polar surface area (TPSA) is 18.5 Å². The fourth-order valence-corrected chi connectivity index (χ4v) is 1.67. The van der Waals surface area contributed by atoms with Gasteiger partial charge in [0.15, 0.2) is 6.29 Å². The lowest BCUT2D eigenvalue weighted by atomic mass is 10.2. The molecule has 78 valence electrons. The maximum Gasteiger partial charge on any atom is 0.184 e. The zero-order valence-electron chi connectivity index (χ0n) is 8.09. The van der Waals surface area contributed by atoms with Crippen LogP contribution < -0.4 is 0 Å². The highest BCUT2D eigenvalue weighted by Crippen LogP contribution is 2.27. The maximum absolute atomic E-state index is 12.8. The molecule has 1 aromatic rings. The van der Waals surface area contributed by atoms with E-state index in [1.165, 1.54) is 12.1 Å². The van der Waals surface area contributed by atoms with Crippen molar-refractivity contribution < 1.29 is 13.9 Å². The minimum atomic E-state index is -0.449. The highest BCUT2D eigenvalue weighted by atomic mass is 79.9. The number of rotatable bonds is 4. The molecule has 0 radical (unpaired) electrons. The van der Waals surface area contributed by atoms with Gasteiger partial charge in [0.1, 0.15) is 5.82 Å². The highest BCUT2D eigenvalue weighted by Gasteiger charge is 2.13. The molecular formula is C10H12BrFO2. The summed E-state index contributed by atoms with van der Waals surface area (Å²) in [5.74, 6) is -0.285. The van der Waals surface area contributed by atoms with E-state index in [0.717, 1.165) is 5.56 Å². The van der Waals surface area contributed by atoms with Crippen molar-refractivity contribution in [2.45, 2.75) is 13.2 Å². The molecule has 0 bridgehead atoms. The molecule has 0 amide bonds. The van der Waals surface area contributed by atoms with E-state index in [0.29, 0.717) is 11.1 Å². The number of ether oxygens (including phenoxy) is 2. The van der Waals surface area contributed by atoms with Gasteiger partial charge in [0.25, 0.3) is 0 Å². The van der Waals surface area contributed by atoms with E-state index in [4.69, 9.17) is 9.47 Å². The third-order valence-electron chi connectivity index (χ3n) is 1.75. The molecule has 0 saturated heterocycles. The maximum atomic E-state index is 12.8. The van der Waals surface area contributed by atoms with E-state index < -0.39 is 6.29 Å². The smallest absolute Gasteiger partial charge is 0.184 e. The molecule has 0 aliphatic heterocycles. The molecule has 14 heavy (non-hydrogen) atoms. The monoisotopic (exact) mass is 262 g/mol. The molecule has 0 aliphatic carbocycles. The van der Waals surface area contributed by atoms with Crippen LogP contribution in [-0.4, -0.2) is 13.7 Å². The number of methoxy groups -OCH3 is 1. The fourth-order valence-electron chi connectivity index (χ4n) is 1.13. The largest absolute Gasteiger partial charge is 0.352 e.